The lowest BCUT2D eigenvalue weighted by molar-refractivity contribution is -0.122. The number of nitrogens with one attached hydrogen (secondary N) is 1. The van der Waals surface area contributed by atoms with E-state index < -0.39 is 11.6 Å². The summed E-state index contributed by atoms with van der Waals surface area (Å²) in [6.07, 6.45) is 2.45. The van der Waals surface area contributed by atoms with Crippen LogP contribution in [-0.4, -0.2) is 24.7 Å². The Morgan fingerprint density at radius 2 is 2.20 bits per heavy atom. The molecule has 0 saturated carbocycles. The fraction of sp³-hybridized carbons (Fsp3) is 0.533. The maximum absolute atomic E-state index is 13.0. The number of ether oxygens (including phenoxy) is 1. The van der Waals surface area contributed by atoms with Gasteiger partial charge in [-0.3, -0.25) is 4.79 Å². The molecule has 0 aliphatic carbocycles. The molecular formula is C15H19F2NO2. The van der Waals surface area contributed by atoms with E-state index in [2.05, 4.69) is 5.32 Å². The minimum Gasteiger partial charge on any atom is -0.376 e. The molecule has 1 saturated heterocycles. The van der Waals surface area contributed by atoms with Crippen molar-refractivity contribution in [3.8, 4) is 0 Å². The van der Waals surface area contributed by atoms with Crippen molar-refractivity contribution in [3.63, 3.8) is 0 Å². The van der Waals surface area contributed by atoms with E-state index in [-0.39, 0.29) is 18.1 Å². The van der Waals surface area contributed by atoms with E-state index in [4.69, 9.17) is 4.74 Å². The van der Waals surface area contributed by atoms with E-state index in [1.807, 2.05) is 6.92 Å². The lowest BCUT2D eigenvalue weighted by Crippen LogP contribution is -2.39. The van der Waals surface area contributed by atoms with Crippen LogP contribution in [0.2, 0.25) is 0 Å². The highest BCUT2D eigenvalue weighted by molar-refractivity contribution is 5.76. The van der Waals surface area contributed by atoms with Crippen molar-refractivity contribution >= 4 is 5.91 Å². The summed E-state index contributed by atoms with van der Waals surface area (Å²) in [4.78, 5) is 11.8. The van der Waals surface area contributed by atoms with Crippen LogP contribution in [0.5, 0.6) is 0 Å². The first kappa shape index (κ1) is 14.9. The third-order valence-electron chi connectivity index (χ3n) is 3.58. The average Bonchev–Trinajstić information content (AvgIpc) is 2.79. The molecule has 1 heterocycles. The summed E-state index contributed by atoms with van der Waals surface area (Å²) in [6.45, 7) is 2.63. The van der Waals surface area contributed by atoms with Crippen molar-refractivity contribution in [1.82, 2.24) is 5.32 Å². The molecule has 1 aliphatic heterocycles. The van der Waals surface area contributed by atoms with Gasteiger partial charge in [-0.05, 0) is 43.9 Å². The summed E-state index contributed by atoms with van der Waals surface area (Å²) in [5.41, 5.74) is 0.703. The normalized spacial score (nSPS) is 21.9. The highest BCUT2D eigenvalue weighted by Crippen LogP contribution is 2.14. The first-order valence-corrected chi connectivity index (χ1v) is 6.91. The van der Waals surface area contributed by atoms with Gasteiger partial charge in [0.15, 0.2) is 11.6 Å². The molecule has 1 aromatic rings. The average molecular weight is 283 g/mol. The molecule has 2 rings (SSSR count). The van der Waals surface area contributed by atoms with Crippen molar-refractivity contribution in [1.29, 1.82) is 0 Å². The first-order valence-electron chi connectivity index (χ1n) is 6.91. The predicted octanol–water partition coefficient (Wildman–Crippen LogP) is 2.58. The summed E-state index contributed by atoms with van der Waals surface area (Å²) in [5, 5.41) is 2.94. The lowest BCUT2D eigenvalue weighted by Gasteiger charge is -2.15. The van der Waals surface area contributed by atoms with Crippen molar-refractivity contribution < 1.29 is 18.3 Å². The zero-order valence-electron chi connectivity index (χ0n) is 11.5. The Balaban J connectivity index is 1.72. The molecule has 110 valence electrons. The van der Waals surface area contributed by atoms with E-state index in [1.54, 1.807) is 6.07 Å². The van der Waals surface area contributed by atoms with E-state index >= 15 is 0 Å². The number of amides is 1. The van der Waals surface area contributed by atoms with Crippen LogP contribution in [0.4, 0.5) is 8.78 Å². The molecule has 1 aromatic carbocycles. The Bertz CT molecular complexity index is 479. The van der Waals surface area contributed by atoms with Gasteiger partial charge in [0, 0.05) is 13.0 Å². The number of hydrogen-bond acceptors (Lipinski definition) is 2. The van der Waals surface area contributed by atoms with Gasteiger partial charge in [-0.1, -0.05) is 6.07 Å². The molecule has 1 fully saturated rings. The molecule has 1 aliphatic rings. The smallest absolute Gasteiger partial charge is 0.220 e. The van der Waals surface area contributed by atoms with Gasteiger partial charge in [-0.25, -0.2) is 8.78 Å². The molecule has 2 atom stereocenters. The Morgan fingerprint density at radius 3 is 2.85 bits per heavy atom. The minimum absolute atomic E-state index is 0.0186. The maximum atomic E-state index is 13.0. The maximum Gasteiger partial charge on any atom is 0.220 e. The topological polar surface area (TPSA) is 38.3 Å². The van der Waals surface area contributed by atoms with E-state index in [1.165, 1.54) is 6.07 Å². The van der Waals surface area contributed by atoms with E-state index in [9.17, 15) is 13.6 Å². The number of benzene rings is 1. The monoisotopic (exact) mass is 283 g/mol. The molecule has 20 heavy (non-hydrogen) atoms. The van der Waals surface area contributed by atoms with Crippen LogP contribution in [0, 0.1) is 11.6 Å². The van der Waals surface area contributed by atoms with Crippen LogP contribution in [0.1, 0.15) is 31.7 Å². The fourth-order valence-corrected chi connectivity index (χ4v) is 2.35. The van der Waals surface area contributed by atoms with Crippen LogP contribution in [0.25, 0.3) is 0 Å². The Labute approximate surface area is 117 Å². The zero-order valence-corrected chi connectivity index (χ0v) is 11.5. The summed E-state index contributed by atoms with van der Waals surface area (Å²) in [7, 11) is 0. The highest BCUT2D eigenvalue weighted by atomic mass is 19.2. The van der Waals surface area contributed by atoms with Gasteiger partial charge in [0.2, 0.25) is 5.91 Å². The van der Waals surface area contributed by atoms with Gasteiger partial charge in [0.05, 0.1) is 12.1 Å². The molecule has 1 amide bonds. The standard InChI is InChI=1S/C15H19F2NO2/c1-10-14(7-8-20-10)18-15(19)4-2-3-11-5-6-12(16)13(17)9-11/h5-6,9-10,14H,2-4,7-8H2,1H3,(H,18,19)/t10-,14-/m1/s1. The van der Waals surface area contributed by atoms with Crippen molar-refractivity contribution in [2.75, 3.05) is 6.61 Å². The SMILES string of the molecule is C[C@H]1OCC[C@H]1NC(=O)CCCc1ccc(F)c(F)c1. The number of halogens is 2. The fourth-order valence-electron chi connectivity index (χ4n) is 2.35. The predicted molar refractivity (Wildman–Crippen MR) is 71.3 cm³/mol. The largest absolute Gasteiger partial charge is 0.376 e. The molecule has 0 unspecified atom stereocenters. The van der Waals surface area contributed by atoms with Gasteiger partial charge in [-0.15, -0.1) is 0 Å². The molecule has 5 heteroatoms. The molecule has 0 aromatic heterocycles. The number of rotatable bonds is 5. The molecular weight excluding hydrogens is 264 g/mol. The number of aryl methyl sites for hydroxylation is 1. The number of carbonyl (C=O) groups is 1. The van der Waals surface area contributed by atoms with Gasteiger partial charge in [-0.2, -0.15) is 0 Å². The third-order valence-corrected chi connectivity index (χ3v) is 3.58. The Morgan fingerprint density at radius 1 is 1.40 bits per heavy atom. The van der Waals surface area contributed by atoms with Gasteiger partial charge >= 0.3 is 0 Å². The van der Waals surface area contributed by atoms with E-state index in [0.717, 1.165) is 12.5 Å². The quantitative estimate of drug-likeness (QED) is 0.902. The summed E-state index contributed by atoms with van der Waals surface area (Å²) in [6, 6.07) is 3.93. The molecule has 3 nitrogen and oxygen atoms in total. The van der Waals surface area contributed by atoms with Gasteiger partial charge < -0.3 is 10.1 Å². The molecule has 0 radical (unpaired) electrons. The van der Waals surface area contributed by atoms with Crippen molar-refractivity contribution in [2.45, 2.75) is 44.8 Å². The second kappa shape index (κ2) is 6.79. The van der Waals surface area contributed by atoms with Crippen molar-refractivity contribution in [2.24, 2.45) is 0 Å². The molecule has 1 N–H and O–H groups in total. The van der Waals surface area contributed by atoms with Crippen LogP contribution < -0.4 is 5.32 Å². The van der Waals surface area contributed by atoms with Gasteiger partial charge in [0.1, 0.15) is 0 Å². The summed E-state index contributed by atoms with van der Waals surface area (Å²) >= 11 is 0. The van der Waals surface area contributed by atoms with Crippen LogP contribution in [-0.2, 0) is 16.0 Å². The zero-order chi connectivity index (χ0) is 14.5. The number of hydrogen-bond donors (Lipinski definition) is 1. The molecule has 0 bridgehead atoms. The summed E-state index contributed by atoms with van der Waals surface area (Å²) < 4.78 is 31.1. The number of carbonyl (C=O) groups excluding carboxylic acids is 1. The van der Waals surface area contributed by atoms with Gasteiger partial charge in [0.25, 0.3) is 0 Å². The second-order valence-corrected chi connectivity index (χ2v) is 5.14. The van der Waals surface area contributed by atoms with Crippen LogP contribution in [0.3, 0.4) is 0 Å². The minimum atomic E-state index is -0.846. The van der Waals surface area contributed by atoms with Crippen LogP contribution in [0.15, 0.2) is 18.2 Å². The summed E-state index contributed by atoms with van der Waals surface area (Å²) in [5.74, 6) is -1.71. The van der Waals surface area contributed by atoms with Crippen molar-refractivity contribution in [3.05, 3.63) is 35.4 Å². The Kier molecular flexibility index (Phi) is 5.06. The van der Waals surface area contributed by atoms with Crippen LogP contribution >= 0.6 is 0 Å². The molecule has 0 spiro atoms. The lowest BCUT2D eigenvalue weighted by atomic mass is 10.1. The van der Waals surface area contributed by atoms with E-state index in [0.29, 0.717) is 31.4 Å². The highest BCUT2D eigenvalue weighted by Gasteiger charge is 2.25. The first-order chi connectivity index (χ1) is 9.56. The Hall–Kier alpha value is -1.49. The second-order valence-electron chi connectivity index (χ2n) is 5.14. The third kappa shape index (κ3) is 4.00.